The Morgan fingerprint density at radius 2 is 2.42 bits per heavy atom. The molecule has 1 aromatic rings. The molecule has 0 bridgehead atoms. The lowest BCUT2D eigenvalue weighted by molar-refractivity contribution is 0.721. The molecule has 0 saturated carbocycles. The summed E-state index contributed by atoms with van der Waals surface area (Å²) in [6, 6.07) is 0.284. The van der Waals surface area contributed by atoms with Crippen LogP contribution in [0.1, 0.15) is 19.2 Å². The summed E-state index contributed by atoms with van der Waals surface area (Å²) < 4.78 is 5.14. The lowest BCUT2D eigenvalue weighted by Gasteiger charge is -2.00. The maximum absolute atomic E-state index is 5.62. The van der Waals surface area contributed by atoms with Gasteiger partial charge in [0, 0.05) is 11.8 Å². The fourth-order valence-electron chi connectivity index (χ4n) is 0.669. The molecule has 0 aliphatic carbocycles. The summed E-state index contributed by atoms with van der Waals surface area (Å²) in [6.07, 6.45) is 1.03. The second-order valence-corrected chi connectivity index (χ2v) is 4.82. The number of hydrogen-bond donors (Lipinski definition) is 1. The van der Waals surface area contributed by atoms with Gasteiger partial charge >= 0.3 is 0 Å². The molecule has 3 nitrogen and oxygen atoms in total. The second-order valence-electron chi connectivity index (χ2n) is 2.72. The van der Waals surface area contributed by atoms with E-state index in [1.807, 2.05) is 13.8 Å². The number of hydrogen-bond acceptors (Lipinski definition) is 5. The quantitative estimate of drug-likeness (QED) is 0.756. The van der Waals surface area contributed by atoms with Crippen LogP contribution in [0.2, 0.25) is 0 Å². The Morgan fingerprint density at radius 1 is 1.67 bits per heavy atom. The van der Waals surface area contributed by atoms with E-state index in [0.29, 0.717) is 0 Å². The number of aryl methyl sites for hydroxylation is 1. The first kappa shape index (κ1) is 9.95. The van der Waals surface area contributed by atoms with E-state index in [9.17, 15) is 0 Å². The van der Waals surface area contributed by atoms with Gasteiger partial charge in [0.25, 0.3) is 0 Å². The Kier molecular flexibility index (Phi) is 3.97. The molecule has 1 heterocycles. The molecule has 68 valence electrons. The number of aromatic nitrogens is 2. The Labute approximate surface area is 80.9 Å². The van der Waals surface area contributed by atoms with Crippen LogP contribution in [0.15, 0.2) is 4.34 Å². The summed E-state index contributed by atoms with van der Waals surface area (Å²) in [5, 5.41) is 0. The Morgan fingerprint density at radius 3 is 2.92 bits per heavy atom. The van der Waals surface area contributed by atoms with E-state index < -0.39 is 0 Å². The van der Waals surface area contributed by atoms with Crippen LogP contribution >= 0.6 is 23.3 Å². The highest BCUT2D eigenvalue weighted by atomic mass is 32.2. The van der Waals surface area contributed by atoms with Crippen molar-refractivity contribution < 1.29 is 0 Å². The van der Waals surface area contributed by atoms with Crippen LogP contribution < -0.4 is 5.73 Å². The molecule has 0 saturated heterocycles. The van der Waals surface area contributed by atoms with Gasteiger partial charge in [-0.3, -0.25) is 0 Å². The van der Waals surface area contributed by atoms with Gasteiger partial charge in [0.1, 0.15) is 5.82 Å². The van der Waals surface area contributed by atoms with Crippen LogP contribution in [0.3, 0.4) is 0 Å². The lowest BCUT2D eigenvalue weighted by atomic mass is 10.3. The predicted octanol–water partition coefficient (Wildman–Crippen LogP) is 1.68. The highest BCUT2D eigenvalue weighted by Gasteiger charge is 2.01. The molecule has 5 heteroatoms. The van der Waals surface area contributed by atoms with Crippen molar-refractivity contribution in [3.8, 4) is 0 Å². The van der Waals surface area contributed by atoms with Crippen LogP contribution in [-0.4, -0.2) is 21.2 Å². The fourth-order valence-corrected chi connectivity index (χ4v) is 2.53. The minimum atomic E-state index is 0.284. The van der Waals surface area contributed by atoms with Crippen molar-refractivity contribution in [1.82, 2.24) is 9.36 Å². The molecule has 0 spiro atoms. The molecule has 1 aromatic heterocycles. The van der Waals surface area contributed by atoms with E-state index in [0.717, 1.165) is 22.3 Å². The maximum Gasteiger partial charge on any atom is 0.170 e. The van der Waals surface area contributed by atoms with Crippen molar-refractivity contribution in [2.45, 2.75) is 30.6 Å². The van der Waals surface area contributed by atoms with Gasteiger partial charge in [-0.05, 0) is 31.8 Å². The molecule has 0 radical (unpaired) electrons. The summed E-state index contributed by atoms with van der Waals surface area (Å²) in [5.41, 5.74) is 5.62. The van der Waals surface area contributed by atoms with Crippen molar-refractivity contribution >= 4 is 23.3 Å². The van der Waals surface area contributed by atoms with Crippen molar-refractivity contribution in [2.24, 2.45) is 5.73 Å². The molecule has 0 aromatic carbocycles. The number of nitrogens with two attached hydrogens (primary N) is 1. The first-order valence-electron chi connectivity index (χ1n) is 3.87. The smallest absolute Gasteiger partial charge is 0.170 e. The van der Waals surface area contributed by atoms with Gasteiger partial charge in [0.15, 0.2) is 4.34 Å². The third kappa shape index (κ3) is 3.51. The molecule has 1 unspecified atom stereocenters. The molecule has 2 N–H and O–H groups in total. The molecule has 0 aliphatic rings. The zero-order chi connectivity index (χ0) is 8.97. The third-order valence-corrected chi connectivity index (χ3v) is 3.27. The van der Waals surface area contributed by atoms with Crippen molar-refractivity contribution in [2.75, 3.05) is 5.75 Å². The van der Waals surface area contributed by atoms with E-state index in [4.69, 9.17) is 5.73 Å². The summed E-state index contributed by atoms with van der Waals surface area (Å²) in [7, 11) is 0. The standard InChI is InChI=1S/C7H13N3S2/c1-5(8)3-4-11-7-9-6(2)10-12-7/h5H,3-4,8H2,1-2H3. The fraction of sp³-hybridized carbons (Fsp3) is 0.714. The van der Waals surface area contributed by atoms with Crippen LogP contribution in [0.4, 0.5) is 0 Å². The Bertz CT molecular complexity index is 234. The van der Waals surface area contributed by atoms with Gasteiger partial charge in [0.05, 0.1) is 0 Å². The van der Waals surface area contributed by atoms with E-state index in [1.165, 1.54) is 11.5 Å². The summed E-state index contributed by atoms with van der Waals surface area (Å²) in [5.74, 6) is 1.90. The molecule has 1 rings (SSSR count). The largest absolute Gasteiger partial charge is 0.328 e. The average molecular weight is 203 g/mol. The van der Waals surface area contributed by atoms with Crippen LogP contribution in [0, 0.1) is 6.92 Å². The monoisotopic (exact) mass is 203 g/mol. The molecule has 0 amide bonds. The van der Waals surface area contributed by atoms with Gasteiger partial charge in [-0.25, -0.2) is 4.98 Å². The number of rotatable bonds is 4. The molecule has 1 atom stereocenters. The minimum absolute atomic E-state index is 0.284. The van der Waals surface area contributed by atoms with Gasteiger partial charge in [-0.15, -0.1) is 0 Å². The summed E-state index contributed by atoms with van der Waals surface area (Å²) in [4.78, 5) is 4.24. The molecule has 12 heavy (non-hydrogen) atoms. The molecular formula is C7H13N3S2. The van der Waals surface area contributed by atoms with Gasteiger partial charge in [-0.1, -0.05) is 11.8 Å². The van der Waals surface area contributed by atoms with E-state index in [-0.39, 0.29) is 6.04 Å². The zero-order valence-corrected chi connectivity index (χ0v) is 8.91. The van der Waals surface area contributed by atoms with Gasteiger partial charge in [0.2, 0.25) is 0 Å². The normalized spacial score (nSPS) is 13.2. The highest BCUT2D eigenvalue weighted by Crippen LogP contribution is 2.20. The van der Waals surface area contributed by atoms with E-state index >= 15 is 0 Å². The zero-order valence-electron chi connectivity index (χ0n) is 7.28. The SMILES string of the molecule is Cc1nsc(SCCC(C)N)n1. The summed E-state index contributed by atoms with van der Waals surface area (Å²) in [6.45, 7) is 3.93. The topological polar surface area (TPSA) is 51.8 Å². The average Bonchev–Trinajstić information content (AvgIpc) is 2.35. The molecule has 0 fully saturated rings. The highest BCUT2D eigenvalue weighted by molar-refractivity contribution is 8.00. The van der Waals surface area contributed by atoms with E-state index in [2.05, 4.69) is 9.36 Å². The lowest BCUT2D eigenvalue weighted by Crippen LogP contribution is -2.15. The number of thioether (sulfide) groups is 1. The Balaban J connectivity index is 2.24. The first-order valence-corrected chi connectivity index (χ1v) is 5.63. The predicted molar refractivity (Wildman–Crippen MR) is 53.6 cm³/mol. The van der Waals surface area contributed by atoms with Gasteiger partial charge < -0.3 is 5.73 Å². The van der Waals surface area contributed by atoms with Crippen molar-refractivity contribution in [3.63, 3.8) is 0 Å². The first-order chi connectivity index (χ1) is 5.68. The van der Waals surface area contributed by atoms with Crippen LogP contribution in [0.5, 0.6) is 0 Å². The summed E-state index contributed by atoms with van der Waals surface area (Å²) >= 11 is 3.20. The van der Waals surface area contributed by atoms with Crippen LogP contribution in [0.25, 0.3) is 0 Å². The second kappa shape index (κ2) is 4.79. The number of nitrogens with zero attached hydrogens (tertiary/aromatic N) is 2. The molecular weight excluding hydrogens is 190 g/mol. The minimum Gasteiger partial charge on any atom is -0.328 e. The third-order valence-electron chi connectivity index (χ3n) is 1.31. The van der Waals surface area contributed by atoms with Gasteiger partial charge in [-0.2, -0.15) is 4.37 Å². The van der Waals surface area contributed by atoms with E-state index in [1.54, 1.807) is 11.8 Å². The van der Waals surface area contributed by atoms with Crippen molar-refractivity contribution in [3.05, 3.63) is 5.82 Å². The van der Waals surface area contributed by atoms with Crippen molar-refractivity contribution in [1.29, 1.82) is 0 Å². The molecule has 0 aliphatic heterocycles. The van der Waals surface area contributed by atoms with Crippen LogP contribution in [-0.2, 0) is 0 Å². The maximum atomic E-state index is 5.62. The Hall–Kier alpha value is -0.130.